The number of hydrogen-bond acceptors (Lipinski definition) is 5. The van der Waals surface area contributed by atoms with Gasteiger partial charge in [0.25, 0.3) is 5.91 Å². The summed E-state index contributed by atoms with van der Waals surface area (Å²) in [4.78, 5) is 29.7. The Morgan fingerprint density at radius 2 is 1.93 bits per heavy atom. The van der Waals surface area contributed by atoms with Crippen molar-refractivity contribution in [2.24, 2.45) is 0 Å². The van der Waals surface area contributed by atoms with Crippen molar-refractivity contribution < 1.29 is 24.0 Å². The highest BCUT2D eigenvalue weighted by molar-refractivity contribution is 8.04. The van der Waals surface area contributed by atoms with Gasteiger partial charge < -0.3 is 24.6 Å². The lowest BCUT2D eigenvalue weighted by molar-refractivity contribution is -0.917. The van der Waals surface area contributed by atoms with Crippen LogP contribution in [0.1, 0.15) is 5.56 Å². The number of quaternary nitrogens is 1. The molecule has 2 amide bonds. The molecule has 0 unspecified atom stereocenters. The van der Waals surface area contributed by atoms with Gasteiger partial charge in [0.1, 0.15) is 6.54 Å². The average Bonchev–Trinajstić information content (AvgIpc) is 3.23. The summed E-state index contributed by atoms with van der Waals surface area (Å²) in [5.74, 6) is 1.27. The Kier molecular flexibility index (Phi) is 5.10. The number of para-hydroxylation sites is 1. The third-order valence-electron chi connectivity index (χ3n) is 5.51. The smallest absolute Gasteiger partial charge is 0.262 e. The summed E-state index contributed by atoms with van der Waals surface area (Å²) in [5, 5.41) is 2.85. The summed E-state index contributed by atoms with van der Waals surface area (Å²) in [5.41, 5.74) is 1.99. The van der Waals surface area contributed by atoms with E-state index in [0.29, 0.717) is 18.0 Å². The van der Waals surface area contributed by atoms with Crippen LogP contribution >= 0.6 is 11.8 Å². The van der Waals surface area contributed by atoms with Crippen LogP contribution in [0.15, 0.2) is 58.3 Å². The van der Waals surface area contributed by atoms with E-state index in [1.165, 1.54) is 28.3 Å². The van der Waals surface area contributed by atoms with Crippen molar-refractivity contribution in [1.29, 1.82) is 0 Å². The molecule has 2 aromatic carbocycles. The van der Waals surface area contributed by atoms with Gasteiger partial charge in [-0.05, 0) is 30.3 Å². The lowest BCUT2D eigenvalue weighted by Gasteiger charge is -2.32. The Balaban J connectivity index is 1.18. The lowest BCUT2D eigenvalue weighted by atomic mass is 10.1. The van der Waals surface area contributed by atoms with Crippen molar-refractivity contribution in [3.05, 3.63) is 59.0 Å². The Labute approximate surface area is 178 Å². The number of benzene rings is 2. The van der Waals surface area contributed by atoms with E-state index < -0.39 is 0 Å². The fourth-order valence-electron chi connectivity index (χ4n) is 3.87. The van der Waals surface area contributed by atoms with Gasteiger partial charge in [-0.3, -0.25) is 9.59 Å². The number of thioether (sulfide) groups is 1. The average molecular weight is 425 g/mol. The van der Waals surface area contributed by atoms with Crippen LogP contribution in [0, 0.1) is 0 Å². The third kappa shape index (κ3) is 3.88. The highest BCUT2D eigenvalue weighted by Crippen LogP contribution is 2.37. The SMILES string of the molecule is O=C1Nc2ccccc2SC1=CC(=O)N1CC[NH+](Cc2ccc3c(c2)OCO3)CC1. The number of nitrogens with one attached hydrogen (secondary N) is 2. The summed E-state index contributed by atoms with van der Waals surface area (Å²) in [6, 6.07) is 13.7. The molecule has 1 saturated heterocycles. The normalized spacial score (nSPS) is 19.5. The van der Waals surface area contributed by atoms with Crippen LogP contribution < -0.4 is 19.7 Å². The first kappa shape index (κ1) is 19.0. The molecule has 0 radical (unpaired) electrons. The zero-order valence-electron chi connectivity index (χ0n) is 16.3. The Morgan fingerprint density at radius 3 is 2.80 bits per heavy atom. The molecule has 8 heteroatoms. The van der Waals surface area contributed by atoms with E-state index in [-0.39, 0.29) is 18.6 Å². The Hall–Kier alpha value is -2.97. The Morgan fingerprint density at radius 1 is 1.13 bits per heavy atom. The second-order valence-electron chi connectivity index (χ2n) is 7.50. The number of nitrogens with zero attached hydrogens (tertiary/aromatic N) is 1. The molecule has 0 aliphatic carbocycles. The number of anilines is 1. The molecule has 3 heterocycles. The van der Waals surface area contributed by atoms with E-state index in [2.05, 4.69) is 11.4 Å². The topological polar surface area (TPSA) is 72.3 Å². The van der Waals surface area contributed by atoms with Gasteiger partial charge in [0.2, 0.25) is 12.7 Å². The van der Waals surface area contributed by atoms with Crippen LogP contribution in [-0.2, 0) is 16.1 Å². The zero-order valence-corrected chi connectivity index (χ0v) is 17.2. The van der Waals surface area contributed by atoms with Crippen LogP contribution in [0.25, 0.3) is 0 Å². The number of hydrogen-bond donors (Lipinski definition) is 2. The van der Waals surface area contributed by atoms with Gasteiger partial charge in [0, 0.05) is 16.5 Å². The molecule has 5 rings (SSSR count). The highest BCUT2D eigenvalue weighted by Gasteiger charge is 2.26. The minimum Gasteiger partial charge on any atom is -0.454 e. The molecular formula is C22H22N3O4S+. The maximum Gasteiger partial charge on any atom is 0.262 e. The van der Waals surface area contributed by atoms with Crippen LogP contribution in [0.2, 0.25) is 0 Å². The van der Waals surface area contributed by atoms with Crippen LogP contribution in [-0.4, -0.2) is 49.7 Å². The van der Waals surface area contributed by atoms with Crippen LogP contribution in [0.5, 0.6) is 11.5 Å². The number of carbonyl (C=O) groups is 2. The fourth-order valence-corrected chi connectivity index (χ4v) is 4.78. The van der Waals surface area contributed by atoms with Gasteiger partial charge in [-0.2, -0.15) is 0 Å². The second-order valence-corrected chi connectivity index (χ2v) is 8.58. The van der Waals surface area contributed by atoms with E-state index in [9.17, 15) is 9.59 Å². The van der Waals surface area contributed by atoms with Crippen molar-refractivity contribution in [2.45, 2.75) is 11.4 Å². The minimum atomic E-state index is -0.223. The Bertz CT molecular complexity index is 1030. The first-order valence-electron chi connectivity index (χ1n) is 9.97. The number of amides is 2. The van der Waals surface area contributed by atoms with Gasteiger partial charge >= 0.3 is 0 Å². The number of piperazine rings is 1. The van der Waals surface area contributed by atoms with Crippen molar-refractivity contribution in [3.8, 4) is 11.5 Å². The van der Waals surface area contributed by atoms with Crippen molar-refractivity contribution in [3.63, 3.8) is 0 Å². The quantitative estimate of drug-likeness (QED) is 0.727. The standard InChI is InChI=1S/C22H21N3O4S/c26-21(12-20-22(27)23-16-3-1-2-4-19(16)30-20)25-9-7-24(8-10-25)13-15-5-6-17-18(11-15)29-14-28-17/h1-6,11-12H,7-10,13-14H2,(H,23,27)/p+1. The van der Waals surface area contributed by atoms with Crippen molar-refractivity contribution in [2.75, 3.05) is 38.3 Å². The molecule has 2 aromatic rings. The van der Waals surface area contributed by atoms with E-state index in [1.54, 1.807) is 0 Å². The molecule has 0 saturated carbocycles. The van der Waals surface area contributed by atoms with Gasteiger partial charge in [-0.15, -0.1) is 0 Å². The number of fused-ring (bicyclic) bond motifs is 2. The highest BCUT2D eigenvalue weighted by atomic mass is 32.2. The van der Waals surface area contributed by atoms with Crippen molar-refractivity contribution >= 4 is 29.3 Å². The van der Waals surface area contributed by atoms with E-state index in [0.717, 1.165) is 41.7 Å². The predicted octanol–water partition coefficient (Wildman–Crippen LogP) is 1.27. The fraction of sp³-hybridized carbons (Fsp3) is 0.273. The molecule has 1 fully saturated rings. The summed E-state index contributed by atoms with van der Waals surface area (Å²) >= 11 is 1.34. The summed E-state index contributed by atoms with van der Waals surface area (Å²) in [7, 11) is 0. The lowest BCUT2D eigenvalue weighted by Crippen LogP contribution is -3.13. The molecule has 0 spiro atoms. The summed E-state index contributed by atoms with van der Waals surface area (Å²) in [6.45, 7) is 4.24. The monoisotopic (exact) mass is 424 g/mol. The maximum absolute atomic E-state index is 12.7. The first-order valence-corrected chi connectivity index (χ1v) is 10.8. The first-order chi connectivity index (χ1) is 14.7. The molecule has 154 valence electrons. The summed E-state index contributed by atoms with van der Waals surface area (Å²) in [6.07, 6.45) is 1.47. The second kappa shape index (κ2) is 8.04. The van der Waals surface area contributed by atoms with Crippen molar-refractivity contribution in [1.82, 2.24) is 4.90 Å². The van der Waals surface area contributed by atoms with Gasteiger partial charge in [0.05, 0.1) is 36.8 Å². The molecule has 2 N–H and O–H groups in total. The molecule has 0 bridgehead atoms. The number of rotatable bonds is 3. The predicted molar refractivity (Wildman–Crippen MR) is 113 cm³/mol. The van der Waals surface area contributed by atoms with Crippen LogP contribution in [0.3, 0.4) is 0 Å². The molecule has 0 atom stereocenters. The van der Waals surface area contributed by atoms with Gasteiger partial charge in [-0.25, -0.2) is 0 Å². The van der Waals surface area contributed by atoms with E-state index >= 15 is 0 Å². The molecular weight excluding hydrogens is 402 g/mol. The number of ether oxygens (including phenoxy) is 2. The van der Waals surface area contributed by atoms with E-state index in [1.807, 2.05) is 41.3 Å². The minimum absolute atomic E-state index is 0.103. The number of carbonyl (C=O) groups excluding carboxylic acids is 2. The van der Waals surface area contributed by atoms with E-state index in [4.69, 9.17) is 9.47 Å². The maximum atomic E-state index is 12.7. The largest absolute Gasteiger partial charge is 0.454 e. The molecule has 7 nitrogen and oxygen atoms in total. The van der Waals surface area contributed by atoms with Gasteiger partial charge in [0.15, 0.2) is 11.5 Å². The summed E-state index contributed by atoms with van der Waals surface area (Å²) < 4.78 is 10.8. The molecule has 3 aliphatic heterocycles. The molecule has 0 aromatic heterocycles. The zero-order chi connectivity index (χ0) is 20.5. The van der Waals surface area contributed by atoms with Crippen LogP contribution in [0.4, 0.5) is 5.69 Å². The molecule has 3 aliphatic rings. The third-order valence-corrected chi connectivity index (χ3v) is 6.61. The molecule has 30 heavy (non-hydrogen) atoms. The van der Waals surface area contributed by atoms with Gasteiger partial charge in [-0.1, -0.05) is 23.9 Å².